The van der Waals surface area contributed by atoms with Crippen molar-refractivity contribution in [3.8, 4) is 0 Å². The molecular weight excluding hydrogens is 298 g/mol. The lowest BCUT2D eigenvalue weighted by atomic mass is 10.2. The van der Waals surface area contributed by atoms with E-state index in [1.165, 1.54) is 0 Å². The average molecular weight is 301 g/mol. The highest BCUT2D eigenvalue weighted by molar-refractivity contribution is 14.1. The van der Waals surface area contributed by atoms with Crippen molar-refractivity contribution in [3.05, 3.63) is 26.8 Å². The first-order valence-corrected chi connectivity index (χ1v) is 4.23. The summed E-state index contributed by atoms with van der Waals surface area (Å²) < 4.78 is 37.0. The van der Waals surface area contributed by atoms with Crippen LogP contribution in [0, 0.1) is 9.52 Å². The lowest BCUT2D eigenvalue weighted by molar-refractivity contribution is 0.111. The highest BCUT2D eigenvalue weighted by atomic mass is 127. The van der Waals surface area contributed by atoms with Gasteiger partial charge in [0, 0.05) is 3.57 Å². The summed E-state index contributed by atoms with van der Waals surface area (Å²) in [6, 6.07) is 1.04. The summed E-state index contributed by atoms with van der Waals surface area (Å²) in [6.07, 6.45) is -2.60. The van der Waals surface area contributed by atoms with Crippen LogP contribution in [-0.4, -0.2) is 11.3 Å². The maximum absolute atomic E-state index is 12.7. The predicted octanol–water partition coefficient (Wildman–Crippen LogP) is 2.58. The molecule has 0 aliphatic rings. The van der Waals surface area contributed by atoms with Crippen LogP contribution in [0.4, 0.5) is 13.2 Å². The number of halogens is 4. The number of pyridine rings is 1. The van der Waals surface area contributed by atoms with E-state index in [9.17, 15) is 18.0 Å². The van der Waals surface area contributed by atoms with Crippen molar-refractivity contribution in [3.63, 3.8) is 0 Å². The molecule has 70 valence electrons. The lowest BCUT2D eigenvalue weighted by Gasteiger charge is -2.02. The van der Waals surface area contributed by atoms with E-state index in [1.807, 2.05) is 0 Å². The molecule has 1 rings (SSSR count). The first-order valence-electron chi connectivity index (χ1n) is 3.15. The standard InChI is InChI=1S/C7H3F3INO/c8-6(9)5-4(11)1-3(2-13)7(10)12-5/h1-2,6H. The average Bonchev–Trinajstić information content (AvgIpc) is 2.07. The summed E-state index contributed by atoms with van der Waals surface area (Å²) in [7, 11) is 0. The van der Waals surface area contributed by atoms with Gasteiger partial charge in [0.25, 0.3) is 6.43 Å². The van der Waals surface area contributed by atoms with Crippen LogP contribution >= 0.6 is 22.6 Å². The van der Waals surface area contributed by atoms with Gasteiger partial charge in [-0.15, -0.1) is 0 Å². The van der Waals surface area contributed by atoms with Gasteiger partial charge in [0.2, 0.25) is 5.95 Å². The fourth-order valence-electron chi connectivity index (χ4n) is 0.729. The SMILES string of the molecule is O=Cc1cc(I)c(C(F)F)nc1F. The molecule has 2 nitrogen and oxygen atoms in total. The molecule has 13 heavy (non-hydrogen) atoms. The van der Waals surface area contributed by atoms with Crippen molar-refractivity contribution in [2.45, 2.75) is 6.43 Å². The molecule has 0 aromatic carbocycles. The molecule has 0 radical (unpaired) electrons. The summed E-state index contributed by atoms with van der Waals surface area (Å²) in [5.74, 6) is -1.16. The van der Waals surface area contributed by atoms with Crippen molar-refractivity contribution in [2.75, 3.05) is 0 Å². The first kappa shape index (κ1) is 10.4. The number of rotatable bonds is 2. The second-order valence-electron chi connectivity index (χ2n) is 2.15. The van der Waals surface area contributed by atoms with E-state index >= 15 is 0 Å². The molecule has 0 bridgehead atoms. The number of alkyl halides is 2. The van der Waals surface area contributed by atoms with Crippen molar-refractivity contribution < 1.29 is 18.0 Å². The van der Waals surface area contributed by atoms with E-state index in [4.69, 9.17) is 0 Å². The summed E-state index contributed by atoms with van der Waals surface area (Å²) in [4.78, 5) is 13.2. The van der Waals surface area contributed by atoms with Crippen molar-refractivity contribution >= 4 is 28.9 Å². The minimum absolute atomic E-state index is 0.0797. The summed E-state index contributed by atoms with van der Waals surface area (Å²) in [5.41, 5.74) is -0.947. The van der Waals surface area contributed by atoms with Gasteiger partial charge in [0.1, 0.15) is 5.69 Å². The van der Waals surface area contributed by atoms with Crippen LogP contribution in [0.2, 0.25) is 0 Å². The first-order chi connectivity index (χ1) is 6.06. The monoisotopic (exact) mass is 301 g/mol. The quantitative estimate of drug-likeness (QED) is 0.477. The molecule has 0 aliphatic carbocycles. The molecule has 1 aromatic rings. The summed E-state index contributed by atoms with van der Waals surface area (Å²) in [5, 5.41) is 0. The highest BCUT2D eigenvalue weighted by Crippen LogP contribution is 2.23. The second kappa shape index (κ2) is 4.03. The van der Waals surface area contributed by atoms with Gasteiger partial charge in [-0.05, 0) is 28.7 Å². The van der Waals surface area contributed by atoms with Crippen LogP contribution < -0.4 is 0 Å². The zero-order valence-corrected chi connectivity index (χ0v) is 8.26. The molecule has 0 atom stereocenters. The molecule has 0 spiro atoms. The number of hydrogen-bond acceptors (Lipinski definition) is 2. The van der Waals surface area contributed by atoms with Crippen molar-refractivity contribution in [1.82, 2.24) is 4.98 Å². The van der Waals surface area contributed by atoms with Crippen molar-refractivity contribution in [2.24, 2.45) is 0 Å². The van der Waals surface area contributed by atoms with Crippen LogP contribution in [-0.2, 0) is 0 Å². The van der Waals surface area contributed by atoms with Gasteiger partial charge in [-0.3, -0.25) is 4.79 Å². The maximum Gasteiger partial charge on any atom is 0.281 e. The van der Waals surface area contributed by atoms with Gasteiger partial charge >= 0.3 is 0 Å². The molecule has 0 unspecified atom stereocenters. The number of hydrogen-bond donors (Lipinski definition) is 0. The normalized spacial score (nSPS) is 10.5. The third-order valence-electron chi connectivity index (χ3n) is 1.32. The zero-order valence-electron chi connectivity index (χ0n) is 6.10. The zero-order chi connectivity index (χ0) is 10.0. The molecule has 0 N–H and O–H groups in total. The Labute approximate surface area is 85.3 Å². The van der Waals surface area contributed by atoms with Crippen LogP contribution in [0.5, 0.6) is 0 Å². The Morgan fingerprint density at radius 3 is 2.62 bits per heavy atom. The van der Waals surface area contributed by atoms with Crippen LogP contribution in [0.3, 0.4) is 0 Å². The highest BCUT2D eigenvalue weighted by Gasteiger charge is 2.16. The van der Waals surface area contributed by atoms with Crippen LogP contribution in [0.1, 0.15) is 22.5 Å². The Bertz CT molecular complexity index is 343. The maximum atomic E-state index is 12.7. The summed E-state index contributed by atoms with van der Waals surface area (Å²) in [6.45, 7) is 0. The molecule has 0 fully saturated rings. The summed E-state index contributed by atoms with van der Waals surface area (Å²) >= 11 is 1.57. The van der Waals surface area contributed by atoms with Crippen LogP contribution in [0.15, 0.2) is 6.07 Å². The van der Waals surface area contributed by atoms with E-state index in [-0.39, 0.29) is 15.4 Å². The van der Waals surface area contributed by atoms with Gasteiger partial charge in [0.15, 0.2) is 6.29 Å². The third kappa shape index (κ3) is 2.17. The number of carbonyl (C=O) groups is 1. The van der Waals surface area contributed by atoms with E-state index in [1.54, 1.807) is 22.6 Å². The van der Waals surface area contributed by atoms with Crippen LogP contribution in [0.25, 0.3) is 0 Å². The molecule has 1 heterocycles. The minimum atomic E-state index is -2.83. The Balaban J connectivity index is 3.28. The molecule has 6 heteroatoms. The van der Waals surface area contributed by atoms with Gasteiger partial charge < -0.3 is 0 Å². The Kier molecular flexibility index (Phi) is 3.23. The third-order valence-corrected chi connectivity index (χ3v) is 2.18. The van der Waals surface area contributed by atoms with Crippen molar-refractivity contribution in [1.29, 1.82) is 0 Å². The number of carbonyl (C=O) groups excluding carboxylic acids is 1. The molecule has 0 amide bonds. The Morgan fingerprint density at radius 2 is 2.15 bits per heavy atom. The Hall–Kier alpha value is -0.660. The van der Waals surface area contributed by atoms with Gasteiger partial charge in [0.05, 0.1) is 5.56 Å². The fraction of sp³-hybridized carbons (Fsp3) is 0.143. The Morgan fingerprint density at radius 1 is 1.54 bits per heavy atom. The van der Waals surface area contributed by atoms with Gasteiger partial charge in [-0.2, -0.15) is 4.39 Å². The van der Waals surface area contributed by atoms with E-state index in [0.29, 0.717) is 0 Å². The predicted molar refractivity (Wildman–Crippen MR) is 47.3 cm³/mol. The van der Waals surface area contributed by atoms with Gasteiger partial charge in [-0.1, -0.05) is 0 Å². The molecule has 1 aromatic heterocycles. The second-order valence-corrected chi connectivity index (χ2v) is 3.32. The lowest BCUT2D eigenvalue weighted by Crippen LogP contribution is -2.01. The largest absolute Gasteiger partial charge is 0.298 e. The number of aromatic nitrogens is 1. The smallest absolute Gasteiger partial charge is 0.281 e. The molecule has 0 aliphatic heterocycles. The van der Waals surface area contributed by atoms with E-state index < -0.39 is 18.1 Å². The molecule has 0 saturated heterocycles. The molecular formula is C7H3F3INO. The molecule has 0 saturated carbocycles. The fourth-order valence-corrected chi connectivity index (χ4v) is 1.42. The van der Waals surface area contributed by atoms with E-state index in [2.05, 4.69) is 4.98 Å². The topological polar surface area (TPSA) is 30.0 Å². The number of aldehydes is 1. The van der Waals surface area contributed by atoms with E-state index in [0.717, 1.165) is 6.07 Å². The number of nitrogens with zero attached hydrogens (tertiary/aromatic N) is 1. The van der Waals surface area contributed by atoms with Gasteiger partial charge in [-0.25, -0.2) is 13.8 Å². The minimum Gasteiger partial charge on any atom is -0.298 e.